The highest BCUT2D eigenvalue weighted by Crippen LogP contribution is 2.34. The van der Waals surface area contributed by atoms with Crippen LogP contribution in [0.25, 0.3) is 16.9 Å². The van der Waals surface area contributed by atoms with Crippen molar-refractivity contribution < 1.29 is 0 Å². The molecule has 2 aromatic heterocycles. The standard InChI is InChI=1S/C14H11N3O/c1-8-2-3-9-7-11-12(10(9)6-8)16-14(18)13-15-4-5-17(11)13/h2-6H,7H2,1H3,(H,16,18). The molecule has 4 heteroatoms. The Morgan fingerprint density at radius 3 is 3.17 bits per heavy atom. The Morgan fingerprint density at radius 2 is 2.28 bits per heavy atom. The summed E-state index contributed by atoms with van der Waals surface area (Å²) < 4.78 is 1.89. The highest BCUT2D eigenvalue weighted by atomic mass is 16.1. The molecule has 0 atom stereocenters. The molecule has 0 aliphatic heterocycles. The van der Waals surface area contributed by atoms with Crippen molar-refractivity contribution in [2.24, 2.45) is 0 Å². The molecule has 1 aliphatic carbocycles. The van der Waals surface area contributed by atoms with Gasteiger partial charge in [0.15, 0.2) is 0 Å². The first-order valence-corrected chi connectivity index (χ1v) is 5.92. The van der Waals surface area contributed by atoms with Crippen molar-refractivity contribution in [1.29, 1.82) is 0 Å². The zero-order valence-electron chi connectivity index (χ0n) is 9.90. The number of rotatable bonds is 0. The number of fused-ring (bicyclic) bond motifs is 5. The number of H-pyrrole nitrogens is 1. The van der Waals surface area contributed by atoms with Crippen LogP contribution in [0.4, 0.5) is 0 Å². The zero-order chi connectivity index (χ0) is 12.3. The number of nitrogens with zero attached hydrogens (tertiary/aromatic N) is 2. The quantitative estimate of drug-likeness (QED) is 0.508. The lowest BCUT2D eigenvalue weighted by atomic mass is 10.1. The second-order valence-corrected chi connectivity index (χ2v) is 4.73. The lowest BCUT2D eigenvalue weighted by molar-refractivity contribution is 1.00. The minimum atomic E-state index is -0.131. The van der Waals surface area contributed by atoms with E-state index < -0.39 is 0 Å². The molecule has 4 nitrogen and oxygen atoms in total. The maximum atomic E-state index is 12.0. The van der Waals surface area contributed by atoms with E-state index in [9.17, 15) is 4.79 Å². The second kappa shape index (κ2) is 3.10. The summed E-state index contributed by atoms with van der Waals surface area (Å²) in [7, 11) is 0. The molecule has 0 bridgehead atoms. The maximum Gasteiger partial charge on any atom is 0.292 e. The Labute approximate surface area is 103 Å². The highest BCUT2D eigenvalue weighted by molar-refractivity contribution is 5.73. The fourth-order valence-electron chi connectivity index (χ4n) is 2.71. The van der Waals surface area contributed by atoms with Gasteiger partial charge in [0.25, 0.3) is 5.56 Å². The largest absolute Gasteiger partial charge is 0.317 e. The molecule has 0 spiro atoms. The summed E-state index contributed by atoms with van der Waals surface area (Å²) in [4.78, 5) is 19.0. The highest BCUT2D eigenvalue weighted by Gasteiger charge is 2.22. The van der Waals surface area contributed by atoms with Crippen molar-refractivity contribution >= 4 is 5.65 Å². The van der Waals surface area contributed by atoms with Crippen molar-refractivity contribution in [3.63, 3.8) is 0 Å². The van der Waals surface area contributed by atoms with Gasteiger partial charge in [0.2, 0.25) is 5.65 Å². The Bertz CT molecular complexity index is 842. The van der Waals surface area contributed by atoms with Crippen LogP contribution in [0.2, 0.25) is 0 Å². The van der Waals surface area contributed by atoms with Gasteiger partial charge in [0.1, 0.15) is 0 Å². The van der Waals surface area contributed by atoms with Gasteiger partial charge in [-0.2, -0.15) is 0 Å². The SMILES string of the molecule is Cc1ccc2c(c1)-c1[nH]c(=O)c3nccn3c1C2. The van der Waals surface area contributed by atoms with E-state index in [0.29, 0.717) is 5.65 Å². The predicted octanol–water partition coefficient (Wildman–Crippen LogP) is 1.90. The van der Waals surface area contributed by atoms with Crippen molar-refractivity contribution in [2.75, 3.05) is 0 Å². The van der Waals surface area contributed by atoms with Crippen LogP contribution in [0.15, 0.2) is 35.4 Å². The lowest BCUT2D eigenvalue weighted by Crippen LogP contribution is -2.13. The zero-order valence-corrected chi connectivity index (χ0v) is 9.90. The van der Waals surface area contributed by atoms with E-state index in [1.54, 1.807) is 6.20 Å². The molecule has 1 aromatic carbocycles. The van der Waals surface area contributed by atoms with E-state index >= 15 is 0 Å². The van der Waals surface area contributed by atoms with Gasteiger partial charge in [-0.05, 0) is 18.6 Å². The summed E-state index contributed by atoms with van der Waals surface area (Å²) in [6.45, 7) is 2.06. The molecule has 0 unspecified atom stereocenters. The van der Waals surface area contributed by atoms with Crippen LogP contribution in [0, 0.1) is 6.92 Å². The normalized spacial score (nSPS) is 12.7. The average molecular weight is 237 g/mol. The second-order valence-electron chi connectivity index (χ2n) is 4.73. The molecule has 0 amide bonds. The number of aromatic nitrogens is 3. The monoisotopic (exact) mass is 237 g/mol. The van der Waals surface area contributed by atoms with E-state index in [-0.39, 0.29) is 5.56 Å². The average Bonchev–Trinajstić information content (AvgIpc) is 2.94. The van der Waals surface area contributed by atoms with Crippen LogP contribution >= 0.6 is 0 Å². The lowest BCUT2D eigenvalue weighted by Gasteiger charge is -2.03. The predicted molar refractivity (Wildman–Crippen MR) is 68.8 cm³/mol. The number of hydrogen-bond acceptors (Lipinski definition) is 2. The first-order chi connectivity index (χ1) is 8.74. The Hall–Kier alpha value is -2.36. The molecule has 88 valence electrons. The smallest absolute Gasteiger partial charge is 0.292 e. The molecule has 0 radical (unpaired) electrons. The number of aryl methyl sites for hydroxylation is 1. The first-order valence-electron chi connectivity index (χ1n) is 5.92. The fraction of sp³-hybridized carbons (Fsp3) is 0.143. The summed E-state index contributed by atoms with van der Waals surface area (Å²) >= 11 is 0. The summed E-state index contributed by atoms with van der Waals surface area (Å²) in [5, 5.41) is 0. The Kier molecular flexibility index (Phi) is 1.66. The van der Waals surface area contributed by atoms with E-state index in [0.717, 1.165) is 23.4 Å². The number of benzene rings is 1. The number of aromatic amines is 1. The van der Waals surface area contributed by atoms with Crippen molar-refractivity contribution in [3.8, 4) is 11.3 Å². The molecule has 0 saturated heterocycles. The Balaban J connectivity index is 2.15. The number of imidazole rings is 1. The first kappa shape index (κ1) is 9.65. The Morgan fingerprint density at radius 1 is 1.39 bits per heavy atom. The van der Waals surface area contributed by atoms with E-state index in [1.807, 2.05) is 10.6 Å². The molecule has 0 fully saturated rings. The van der Waals surface area contributed by atoms with Gasteiger partial charge in [-0.1, -0.05) is 17.7 Å². The van der Waals surface area contributed by atoms with Gasteiger partial charge in [0, 0.05) is 24.4 Å². The van der Waals surface area contributed by atoms with Gasteiger partial charge >= 0.3 is 0 Å². The van der Waals surface area contributed by atoms with E-state index in [2.05, 4.69) is 35.1 Å². The summed E-state index contributed by atoms with van der Waals surface area (Å²) in [6.07, 6.45) is 4.36. The molecule has 0 saturated carbocycles. The van der Waals surface area contributed by atoms with Crippen LogP contribution in [0.3, 0.4) is 0 Å². The van der Waals surface area contributed by atoms with Crippen LogP contribution < -0.4 is 5.56 Å². The van der Waals surface area contributed by atoms with Gasteiger partial charge < -0.3 is 4.98 Å². The third-order valence-corrected chi connectivity index (χ3v) is 3.55. The van der Waals surface area contributed by atoms with Crippen LogP contribution in [-0.2, 0) is 6.42 Å². The third kappa shape index (κ3) is 1.09. The fourth-order valence-corrected chi connectivity index (χ4v) is 2.71. The summed E-state index contributed by atoms with van der Waals surface area (Å²) in [5.41, 5.74) is 5.98. The van der Waals surface area contributed by atoms with Gasteiger partial charge in [-0.25, -0.2) is 4.98 Å². The van der Waals surface area contributed by atoms with E-state index in [1.165, 1.54) is 11.1 Å². The van der Waals surface area contributed by atoms with Crippen molar-refractivity contribution in [1.82, 2.24) is 14.4 Å². The number of hydrogen-bond donors (Lipinski definition) is 1. The molecule has 2 heterocycles. The molecule has 4 rings (SSSR count). The van der Waals surface area contributed by atoms with Gasteiger partial charge in [-0.15, -0.1) is 0 Å². The van der Waals surface area contributed by atoms with Gasteiger partial charge in [-0.3, -0.25) is 9.20 Å². The molecule has 18 heavy (non-hydrogen) atoms. The van der Waals surface area contributed by atoms with Crippen LogP contribution in [0.5, 0.6) is 0 Å². The van der Waals surface area contributed by atoms with Crippen molar-refractivity contribution in [2.45, 2.75) is 13.3 Å². The topological polar surface area (TPSA) is 50.2 Å². The number of nitrogens with one attached hydrogen (secondary N) is 1. The summed E-state index contributed by atoms with van der Waals surface area (Å²) in [5.74, 6) is 0. The van der Waals surface area contributed by atoms with Crippen LogP contribution in [-0.4, -0.2) is 14.4 Å². The maximum absolute atomic E-state index is 12.0. The van der Waals surface area contributed by atoms with Crippen molar-refractivity contribution in [3.05, 3.63) is 57.8 Å². The van der Waals surface area contributed by atoms with Crippen LogP contribution in [0.1, 0.15) is 16.8 Å². The molecule has 1 N–H and O–H groups in total. The molecule has 3 aromatic rings. The van der Waals surface area contributed by atoms with Gasteiger partial charge in [0.05, 0.1) is 11.4 Å². The van der Waals surface area contributed by atoms with E-state index in [4.69, 9.17) is 0 Å². The molecular weight excluding hydrogens is 226 g/mol. The minimum absolute atomic E-state index is 0.131. The molecular formula is C14H11N3O. The molecule has 1 aliphatic rings. The summed E-state index contributed by atoms with van der Waals surface area (Å²) in [6, 6.07) is 6.36. The minimum Gasteiger partial charge on any atom is -0.317 e. The third-order valence-electron chi connectivity index (χ3n) is 3.55.